The summed E-state index contributed by atoms with van der Waals surface area (Å²) in [5.41, 5.74) is 11.2. The molecule has 0 spiro atoms. The predicted octanol–water partition coefficient (Wildman–Crippen LogP) is 9.40. The number of nitrogens with zero attached hydrogens (tertiary/aromatic N) is 2. The number of benzene rings is 4. The van der Waals surface area contributed by atoms with Crippen LogP contribution in [0.5, 0.6) is 0 Å². The molecule has 1 unspecified atom stereocenters. The fraction of sp³-hybridized carbons (Fsp3) is 0.133. The van der Waals surface area contributed by atoms with E-state index in [-0.39, 0.29) is 0 Å². The Balaban J connectivity index is 1.61. The Bertz CT molecular complexity index is 1540. The lowest BCUT2D eigenvalue weighted by Crippen LogP contribution is -1.99. The zero-order valence-corrected chi connectivity index (χ0v) is 21.9. The van der Waals surface area contributed by atoms with Crippen LogP contribution in [-0.2, 0) is 0 Å². The highest BCUT2D eigenvalue weighted by atomic mass is 79.9. The molecule has 0 amide bonds. The van der Waals surface area contributed by atoms with E-state index in [0.717, 1.165) is 55.3 Å². The predicted molar refractivity (Wildman–Crippen MR) is 148 cm³/mol. The summed E-state index contributed by atoms with van der Waals surface area (Å²) in [7, 11) is 0. The first-order valence-electron chi connectivity index (χ1n) is 11.6. The van der Waals surface area contributed by atoms with Gasteiger partial charge in [0.15, 0.2) is 0 Å². The van der Waals surface area contributed by atoms with Gasteiger partial charge < -0.3 is 0 Å². The van der Waals surface area contributed by atoms with Gasteiger partial charge in [-0.2, -0.15) is 0 Å². The van der Waals surface area contributed by atoms with Crippen LogP contribution in [0.4, 0.5) is 0 Å². The van der Waals surface area contributed by atoms with Crippen molar-refractivity contribution in [1.82, 2.24) is 9.97 Å². The molecule has 1 aromatic heterocycles. The molecule has 2 nitrogen and oxygen atoms in total. The Morgan fingerprint density at radius 2 is 1.26 bits per heavy atom. The van der Waals surface area contributed by atoms with E-state index in [1.54, 1.807) is 0 Å². The van der Waals surface area contributed by atoms with Crippen LogP contribution >= 0.6 is 31.9 Å². The molecule has 4 heteroatoms. The molecule has 0 fully saturated rings. The van der Waals surface area contributed by atoms with E-state index in [4.69, 9.17) is 9.97 Å². The van der Waals surface area contributed by atoms with E-state index in [2.05, 4.69) is 106 Å². The Kier molecular flexibility index (Phi) is 5.59. The van der Waals surface area contributed by atoms with Crippen molar-refractivity contribution in [2.75, 3.05) is 0 Å². The van der Waals surface area contributed by atoms with Crippen molar-refractivity contribution in [3.63, 3.8) is 0 Å². The number of rotatable bonds is 4. The average Bonchev–Trinajstić information content (AvgIpc) is 3.19. The molecule has 6 rings (SSSR count). The SMILES string of the molecule is CCCC1c2ccccc2-c2ccc(-c3nc4c(Br)ccc(Br)c4nc3-c3ccccc3)cc21. The normalized spacial score (nSPS) is 14.3. The van der Waals surface area contributed by atoms with Gasteiger partial charge in [-0.25, -0.2) is 9.97 Å². The van der Waals surface area contributed by atoms with E-state index >= 15 is 0 Å². The Labute approximate surface area is 216 Å². The molecule has 1 heterocycles. The average molecular weight is 570 g/mol. The zero-order valence-electron chi connectivity index (χ0n) is 18.7. The van der Waals surface area contributed by atoms with Gasteiger partial charge in [-0.3, -0.25) is 0 Å². The molecule has 34 heavy (non-hydrogen) atoms. The lowest BCUT2D eigenvalue weighted by molar-refractivity contribution is 0.711. The van der Waals surface area contributed by atoms with Gasteiger partial charge in [-0.1, -0.05) is 80.1 Å². The number of fused-ring (bicyclic) bond motifs is 4. The van der Waals surface area contributed by atoms with Crippen molar-refractivity contribution in [2.45, 2.75) is 25.7 Å². The van der Waals surface area contributed by atoms with Crippen molar-refractivity contribution < 1.29 is 0 Å². The summed E-state index contributed by atoms with van der Waals surface area (Å²) < 4.78 is 1.88. The summed E-state index contributed by atoms with van der Waals surface area (Å²) in [6.45, 7) is 2.27. The Hall–Kier alpha value is -2.82. The van der Waals surface area contributed by atoms with Gasteiger partial charge in [0.05, 0.1) is 11.4 Å². The first-order valence-corrected chi connectivity index (χ1v) is 13.2. The molecule has 0 bridgehead atoms. The maximum atomic E-state index is 5.19. The first kappa shape index (κ1) is 21.7. The van der Waals surface area contributed by atoms with Crippen LogP contribution in [0.3, 0.4) is 0 Å². The molecular weight excluding hydrogens is 548 g/mol. The van der Waals surface area contributed by atoms with Crippen LogP contribution in [0.25, 0.3) is 44.7 Å². The van der Waals surface area contributed by atoms with Crippen molar-refractivity contribution >= 4 is 42.9 Å². The topological polar surface area (TPSA) is 25.8 Å². The third-order valence-electron chi connectivity index (χ3n) is 6.68. The van der Waals surface area contributed by atoms with Gasteiger partial charge in [0, 0.05) is 26.0 Å². The van der Waals surface area contributed by atoms with E-state index < -0.39 is 0 Å². The summed E-state index contributed by atoms with van der Waals surface area (Å²) in [4.78, 5) is 10.3. The second-order valence-corrected chi connectivity index (χ2v) is 10.5. The van der Waals surface area contributed by atoms with Gasteiger partial charge in [-0.05, 0) is 78.7 Å². The standard InChI is InChI=1S/C30H22Br2N2/c1-2-8-20-21-11-6-7-12-22(21)23-14-13-19(17-24(20)23)28-27(18-9-4-3-5-10-18)33-29-25(31)15-16-26(32)30(29)34-28/h3-7,9-17,20H,2,8H2,1H3. The summed E-state index contributed by atoms with van der Waals surface area (Å²) in [5, 5.41) is 0. The smallest absolute Gasteiger partial charge is 0.105 e. The van der Waals surface area contributed by atoms with Crippen LogP contribution in [0, 0.1) is 0 Å². The summed E-state index contributed by atoms with van der Waals surface area (Å²) >= 11 is 7.37. The monoisotopic (exact) mass is 568 g/mol. The highest BCUT2D eigenvalue weighted by molar-refractivity contribution is 9.11. The molecule has 1 aliphatic rings. The molecule has 0 saturated carbocycles. The van der Waals surface area contributed by atoms with E-state index in [1.165, 1.54) is 22.3 Å². The quantitative estimate of drug-likeness (QED) is 0.215. The van der Waals surface area contributed by atoms with Gasteiger partial charge >= 0.3 is 0 Å². The second kappa shape index (κ2) is 8.75. The minimum atomic E-state index is 0.422. The number of halogens is 2. The molecule has 0 radical (unpaired) electrons. The fourth-order valence-electron chi connectivity index (χ4n) is 5.13. The molecule has 0 saturated heterocycles. The van der Waals surface area contributed by atoms with Crippen molar-refractivity contribution in [2.24, 2.45) is 0 Å². The van der Waals surface area contributed by atoms with E-state index in [9.17, 15) is 0 Å². The van der Waals surface area contributed by atoms with Crippen LogP contribution < -0.4 is 0 Å². The largest absolute Gasteiger partial charge is 0.243 e. The number of hydrogen-bond donors (Lipinski definition) is 0. The van der Waals surface area contributed by atoms with E-state index in [1.807, 2.05) is 18.2 Å². The molecule has 0 aliphatic heterocycles. The third kappa shape index (κ3) is 3.52. The minimum absolute atomic E-state index is 0.422. The van der Waals surface area contributed by atoms with Crippen molar-refractivity contribution in [1.29, 1.82) is 0 Å². The molecular formula is C30H22Br2N2. The Morgan fingerprint density at radius 1 is 0.647 bits per heavy atom. The van der Waals surface area contributed by atoms with E-state index in [0.29, 0.717) is 5.92 Å². The van der Waals surface area contributed by atoms with Gasteiger partial charge in [0.1, 0.15) is 11.0 Å². The number of aromatic nitrogens is 2. The molecule has 1 aliphatic carbocycles. The van der Waals surface area contributed by atoms with Crippen LogP contribution in [0.2, 0.25) is 0 Å². The minimum Gasteiger partial charge on any atom is -0.243 e. The maximum absolute atomic E-state index is 5.19. The highest BCUT2D eigenvalue weighted by Gasteiger charge is 2.28. The maximum Gasteiger partial charge on any atom is 0.105 e. The Morgan fingerprint density at radius 3 is 1.97 bits per heavy atom. The summed E-state index contributed by atoms with van der Waals surface area (Å²) in [5.74, 6) is 0.422. The lowest BCUT2D eigenvalue weighted by atomic mass is 9.91. The summed E-state index contributed by atoms with van der Waals surface area (Å²) in [6.07, 6.45) is 2.29. The molecule has 0 N–H and O–H groups in total. The van der Waals surface area contributed by atoms with Crippen LogP contribution in [0.1, 0.15) is 36.8 Å². The van der Waals surface area contributed by atoms with Crippen LogP contribution in [-0.4, -0.2) is 9.97 Å². The molecule has 4 aromatic carbocycles. The first-order chi connectivity index (χ1) is 16.7. The second-order valence-electron chi connectivity index (χ2n) is 8.74. The highest BCUT2D eigenvalue weighted by Crippen LogP contribution is 2.48. The fourth-order valence-corrected chi connectivity index (χ4v) is 5.95. The summed E-state index contributed by atoms with van der Waals surface area (Å²) in [6, 6.07) is 30.1. The van der Waals surface area contributed by atoms with Gasteiger partial charge in [0.2, 0.25) is 0 Å². The van der Waals surface area contributed by atoms with Crippen molar-refractivity contribution in [3.05, 3.63) is 105 Å². The number of hydrogen-bond acceptors (Lipinski definition) is 2. The zero-order chi connectivity index (χ0) is 23.2. The molecule has 166 valence electrons. The molecule has 1 atom stereocenters. The third-order valence-corrected chi connectivity index (χ3v) is 7.96. The molecule has 5 aromatic rings. The lowest BCUT2D eigenvalue weighted by Gasteiger charge is -2.15. The van der Waals surface area contributed by atoms with Crippen molar-refractivity contribution in [3.8, 4) is 33.6 Å². The van der Waals surface area contributed by atoms with Gasteiger partial charge in [-0.15, -0.1) is 0 Å². The van der Waals surface area contributed by atoms with Crippen LogP contribution in [0.15, 0.2) is 93.9 Å². The van der Waals surface area contributed by atoms with Gasteiger partial charge in [0.25, 0.3) is 0 Å².